The Morgan fingerprint density at radius 2 is 2.25 bits per heavy atom. The minimum Gasteiger partial charge on any atom is -0.400 e. The van der Waals surface area contributed by atoms with Crippen molar-refractivity contribution in [2.45, 2.75) is 19.9 Å². The van der Waals surface area contributed by atoms with Gasteiger partial charge in [0, 0.05) is 12.2 Å². The van der Waals surface area contributed by atoms with E-state index in [0.29, 0.717) is 12.5 Å². The molecule has 2 N–H and O–H groups in total. The molecule has 1 unspecified atom stereocenters. The lowest BCUT2D eigenvalue weighted by Crippen LogP contribution is -2.34. The zero-order valence-corrected chi connectivity index (χ0v) is 7.83. The number of hydrogen-bond acceptors (Lipinski definition) is 3. The predicted octanol–water partition coefficient (Wildman–Crippen LogP) is 0.693. The Morgan fingerprint density at radius 1 is 1.67 bits per heavy atom. The van der Waals surface area contributed by atoms with E-state index in [-0.39, 0.29) is 6.04 Å². The average Bonchev–Trinajstić information content (AvgIpc) is 2.25. The molecule has 1 aliphatic heterocycles. The molecule has 1 rings (SSSR count). The highest BCUT2D eigenvalue weighted by atomic mass is 15.2. The summed E-state index contributed by atoms with van der Waals surface area (Å²) in [4.78, 5) is 2.12. The van der Waals surface area contributed by atoms with Gasteiger partial charge in [0.1, 0.15) is 0 Å². The lowest BCUT2D eigenvalue weighted by molar-refractivity contribution is 0.263. The smallest absolute Gasteiger partial charge is 0.0979 e. The van der Waals surface area contributed by atoms with Crippen molar-refractivity contribution in [1.29, 1.82) is 5.26 Å². The van der Waals surface area contributed by atoms with Crippen LogP contribution in [-0.2, 0) is 0 Å². The van der Waals surface area contributed by atoms with Crippen LogP contribution in [0.5, 0.6) is 0 Å². The van der Waals surface area contributed by atoms with Crippen molar-refractivity contribution in [3.8, 4) is 6.07 Å². The summed E-state index contributed by atoms with van der Waals surface area (Å²) >= 11 is 0. The molecule has 3 heteroatoms. The van der Waals surface area contributed by atoms with Crippen molar-refractivity contribution in [2.75, 3.05) is 13.6 Å². The van der Waals surface area contributed by atoms with Crippen molar-refractivity contribution in [3.63, 3.8) is 0 Å². The Balaban J connectivity index is 2.90. The van der Waals surface area contributed by atoms with Gasteiger partial charge in [0.2, 0.25) is 0 Å². The summed E-state index contributed by atoms with van der Waals surface area (Å²) in [6.45, 7) is 4.94. The predicted molar refractivity (Wildman–Crippen MR) is 48.1 cm³/mol. The van der Waals surface area contributed by atoms with E-state index in [1.807, 2.05) is 7.05 Å². The zero-order valence-electron chi connectivity index (χ0n) is 7.83. The molecule has 0 aromatic rings. The van der Waals surface area contributed by atoms with E-state index >= 15 is 0 Å². The first-order chi connectivity index (χ1) is 5.57. The topological polar surface area (TPSA) is 53.1 Å². The normalized spacial score (nSPS) is 25.1. The van der Waals surface area contributed by atoms with Crippen LogP contribution in [0.3, 0.4) is 0 Å². The quantitative estimate of drug-likeness (QED) is 0.622. The second-order valence-electron chi connectivity index (χ2n) is 3.65. The van der Waals surface area contributed by atoms with Crippen LogP contribution in [0.1, 0.15) is 13.8 Å². The highest BCUT2D eigenvalue weighted by molar-refractivity contribution is 5.35. The van der Waals surface area contributed by atoms with E-state index in [1.54, 1.807) is 0 Å². The van der Waals surface area contributed by atoms with Gasteiger partial charge in [-0.2, -0.15) is 5.26 Å². The standard InChI is InChI=1S/C9H15N3/c1-6(2)9-8(11)7(4-10)5-12(9)3/h6,9H,5,11H2,1-3H3. The van der Waals surface area contributed by atoms with Gasteiger partial charge in [-0.3, -0.25) is 4.90 Å². The molecule has 0 aromatic heterocycles. The third-order valence-electron chi connectivity index (χ3n) is 2.32. The maximum atomic E-state index is 8.74. The molecule has 1 atom stereocenters. The lowest BCUT2D eigenvalue weighted by Gasteiger charge is -2.24. The van der Waals surface area contributed by atoms with Gasteiger partial charge in [-0.15, -0.1) is 0 Å². The van der Waals surface area contributed by atoms with Crippen LogP contribution in [0.2, 0.25) is 0 Å². The Hall–Kier alpha value is -1.01. The largest absolute Gasteiger partial charge is 0.400 e. The minimum absolute atomic E-state index is 0.250. The zero-order chi connectivity index (χ0) is 9.30. The molecule has 0 spiro atoms. The van der Waals surface area contributed by atoms with Gasteiger partial charge in [-0.1, -0.05) is 13.8 Å². The summed E-state index contributed by atoms with van der Waals surface area (Å²) in [7, 11) is 2.00. The molecule has 0 aromatic carbocycles. The molecular weight excluding hydrogens is 150 g/mol. The van der Waals surface area contributed by atoms with E-state index in [9.17, 15) is 0 Å². The van der Waals surface area contributed by atoms with Crippen LogP contribution in [0.4, 0.5) is 0 Å². The average molecular weight is 165 g/mol. The van der Waals surface area contributed by atoms with Gasteiger partial charge < -0.3 is 5.73 Å². The van der Waals surface area contributed by atoms with Crippen LogP contribution in [0, 0.1) is 17.2 Å². The molecule has 1 heterocycles. The van der Waals surface area contributed by atoms with Gasteiger partial charge >= 0.3 is 0 Å². The molecular formula is C9H15N3. The summed E-state index contributed by atoms with van der Waals surface area (Å²) in [5.74, 6) is 0.473. The first kappa shape index (κ1) is 9.08. The van der Waals surface area contributed by atoms with Gasteiger partial charge in [-0.05, 0) is 13.0 Å². The number of nitriles is 1. The van der Waals surface area contributed by atoms with Crippen LogP contribution < -0.4 is 5.73 Å². The van der Waals surface area contributed by atoms with E-state index < -0.39 is 0 Å². The number of likely N-dealkylation sites (N-methyl/N-ethyl adjacent to an activating group) is 1. The third kappa shape index (κ3) is 1.30. The Bertz CT molecular complexity index is 247. The first-order valence-corrected chi connectivity index (χ1v) is 4.16. The molecule has 0 radical (unpaired) electrons. The molecule has 3 nitrogen and oxygen atoms in total. The monoisotopic (exact) mass is 165 g/mol. The fourth-order valence-corrected chi connectivity index (χ4v) is 1.82. The van der Waals surface area contributed by atoms with E-state index in [4.69, 9.17) is 11.0 Å². The molecule has 0 aliphatic carbocycles. The molecule has 0 amide bonds. The summed E-state index contributed by atoms with van der Waals surface area (Å²) in [6.07, 6.45) is 0. The van der Waals surface area contributed by atoms with E-state index in [2.05, 4.69) is 24.8 Å². The Labute approximate surface area is 73.5 Å². The summed E-state index contributed by atoms with van der Waals surface area (Å²) in [5.41, 5.74) is 7.33. The molecule has 66 valence electrons. The molecule has 1 aliphatic rings. The number of rotatable bonds is 1. The van der Waals surface area contributed by atoms with Crippen LogP contribution in [-0.4, -0.2) is 24.5 Å². The van der Waals surface area contributed by atoms with Crippen molar-refractivity contribution in [1.82, 2.24) is 4.90 Å². The van der Waals surface area contributed by atoms with E-state index in [0.717, 1.165) is 11.3 Å². The highest BCUT2D eigenvalue weighted by Crippen LogP contribution is 2.24. The molecule has 0 saturated heterocycles. The summed E-state index contributed by atoms with van der Waals surface area (Å²) in [6, 6.07) is 2.39. The van der Waals surface area contributed by atoms with Crippen molar-refractivity contribution >= 4 is 0 Å². The van der Waals surface area contributed by atoms with Gasteiger partial charge in [0.15, 0.2) is 0 Å². The van der Waals surface area contributed by atoms with E-state index in [1.165, 1.54) is 0 Å². The SMILES string of the molecule is CC(C)C1C(N)=C(C#N)CN1C. The number of nitrogens with two attached hydrogens (primary N) is 1. The number of hydrogen-bond donors (Lipinski definition) is 1. The second kappa shape index (κ2) is 3.16. The summed E-state index contributed by atoms with van der Waals surface area (Å²) < 4.78 is 0. The fraction of sp³-hybridized carbons (Fsp3) is 0.667. The lowest BCUT2D eigenvalue weighted by atomic mass is 10.0. The Morgan fingerprint density at radius 3 is 2.50 bits per heavy atom. The number of nitrogens with zero attached hydrogens (tertiary/aromatic N) is 2. The van der Waals surface area contributed by atoms with Crippen molar-refractivity contribution in [3.05, 3.63) is 11.3 Å². The maximum Gasteiger partial charge on any atom is 0.0979 e. The fourth-order valence-electron chi connectivity index (χ4n) is 1.82. The van der Waals surface area contributed by atoms with Crippen LogP contribution in [0.15, 0.2) is 11.3 Å². The van der Waals surface area contributed by atoms with Crippen molar-refractivity contribution in [2.24, 2.45) is 11.7 Å². The highest BCUT2D eigenvalue weighted by Gasteiger charge is 2.30. The third-order valence-corrected chi connectivity index (χ3v) is 2.32. The minimum atomic E-state index is 0.250. The van der Waals surface area contributed by atoms with Gasteiger partial charge in [-0.25, -0.2) is 0 Å². The summed E-state index contributed by atoms with van der Waals surface area (Å²) in [5, 5.41) is 8.74. The first-order valence-electron chi connectivity index (χ1n) is 4.16. The second-order valence-corrected chi connectivity index (χ2v) is 3.65. The molecule has 12 heavy (non-hydrogen) atoms. The van der Waals surface area contributed by atoms with Gasteiger partial charge in [0.05, 0.1) is 17.7 Å². The molecule has 0 fully saturated rings. The Kier molecular flexibility index (Phi) is 2.39. The van der Waals surface area contributed by atoms with Crippen LogP contribution in [0.25, 0.3) is 0 Å². The molecule has 0 saturated carbocycles. The van der Waals surface area contributed by atoms with Gasteiger partial charge in [0.25, 0.3) is 0 Å². The molecule has 0 bridgehead atoms. The maximum absolute atomic E-state index is 8.74. The van der Waals surface area contributed by atoms with Crippen molar-refractivity contribution < 1.29 is 0 Å². The van der Waals surface area contributed by atoms with Crippen LogP contribution >= 0.6 is 0 Å².